The van der Waals surface area contributed by atoms with Crippen molar-refractivity contribution in [3.8, 4) is 0 Å². The molecule has 0 saturated heterocycles. The second kappa shape index (κ2) is 4.70. The first-order chi connectivity index (χ1) is 8.67. The van der Waals surface area contributed by atoms with Gasteiger partial charge in [0.15, 0.2) is 15.2 Å². The van der Waals surface area contributed by atoms with Crippen LogP contribution in [0.1, 0.15) is 35.4 Å². The number of hydrogen-bond donors (Lipinski definition) is 1. The maximum atomic E-state index is 11.4. The van der Waals surface area contributed by atoms with Crippen molar-refractivity contribution in [2.45, 2.75) is 31.7 Å². The molecule has 1 aromatic rings. The number of nitrogens with zero attached hydrogens (tertiary/aromatic N) is 1. The minimum absolute atomic E-state index is 0.234. The topological polar surface area (TPSA) is 51.2 Å². The fourth-order valence-corrected chi connectivity index (χ4v) is 4.33. The molecule has 2 aliphatic carbocycles. The molecule has 2 saturated carbocycles. The first kappa shape index (κ1) is 12.2. The van der Waals surface area contributed by atoms with Crippen molar-refractivity contribution >= 4 is 34.0 Å². The van der Waals surface area contributed by atoms with Crippen LogP contribution in [-0.2, 0) is 4.74 Å². The van der Waals surface area contributed by atoms with Gasteiger partial charge in [0, 0.05) is 6.04 Å². The Hall–Kier alpha value is -0.810. The van der Waals surface area contributed by atoms with Crippen molar-refractivity contribution in [2.24, 2.45) is 11.8 Å². The van der Waals surface area contributed by atoms with Crippen LogP contribution in [0.2, 0.25) is 5.15 Å². The van der Waals surface area contributed by atoms with Crippen molar-refractivity contribution in [3.05, 3.63) is 10.0 Å². The van der Waals surface area contributed by atoms with Crippen LogP contribution in [0.5, 0.6) is 0 Å². The number of carbonyl (C=O) groups is 1. The lowest BCUT2D eigenvalue weighted by atomic mass is 9.96. The summed E-state index contributed by atoms with van der Waals surface area (Å²) in [6.45, 7) is 0. The number of ether oxygens (including phenoxy) is 1. The lowest BCUT2D eigenvalue weighted by Crippen LogP contribution is -2.25. The minimum Gasteiger partial charge on any atom is -0.465 e. The SMILES string of the molecule is COC(=O)c1sc(NC2CC3CCC2C3)nc1Cl. The van der Waals surface area contributed by atoms with Crippen LogP contribution >= 0.6 is 22.9 Å². The summed E-state index contributed by atoms with van der Waals surface area (Å²) >= 11 is 7.22. The van der Waals surface area contributed by atoms with E-state index in [0.29, 0.717) is 10.9 Å². The van der Waals surface area contributed by atoms with E-state index in [1.54, 1.807) is 0 Å². The summed E-state index contributed by atoms with van der Waals surface area (Å²) in [6, 6.07) is 0.497. The maximum absolute atomic E-state index is 11.4. The zero-order valence-corrected chi connectivity index (χ0v) is 11.7. The van der Waals surface area contributed by atoms with Crippen LogP contribution in [0.3, 0.4) is 0 Å². The molecule has 18 heavy (non-hydrogen) atoms. The molecule has 6 heteroatoms. The van der Waals surface area contributed by atoms with E-state index in [9.17, 15) is 4.79 Å². The fourth-order valence-electron chi connectivity index (χ4n) is 3.16. The number of halogens is 1. The zero-order valence-electron chi connectivity index (χ0n) is 10.1. The molecule has 1 aromatic heterocycles. The third-order valence-corrected chi connectivity index (χ3v) is 5.36. The summed E-state index contributed by atoms with van der Waals surface area (Å²) in [5.41, 5.74) is 0. The number of fused-ring (bicyclic) bond motifs is 2. The molecular weight excluding hydrogens is 272 g/mol. The van der Waals surface area contributed by atoms with Crippen LogP contribution < -0.4 is 5.32 Å². The summed E-state index contributed by atoms with van der Waals surface area (Å²) in [5, 5.41) is 4.40. The summed E-state index contributed by atoms with van der Waals surface area (Å²) in [4.78, 5) is 16.0. The quantitative estimate of drug-likeness (QED) is 0.867. The normalized spacial score (nSPS) is 29.6. The zero-order chi connectivity index (χ0) is 12.7. The van der Waals surface area contributed by atoms with E-state index in [4.69, 9.17) is 11.6 Å². The average molecular weight is 287 g/mol. The first-order valence-corrected chi connectivity index (χ1v) is 7.38. The van der Waals surface area contributed by atoms with Gasteiger partial charge in [-0.1, -0.05) is 29.4 Å². The van der Waals surface area contributed by atoms with Gasteiger partial charge in [0.1, 0.15) is 0 Å². The van der Waals surface area contributed by atoms with Crippen LogP contribution in [0.25, 0.3) is 0 Å². The molecule has 2 bridgehead atoms. The number of hydrogen-bond acceptors (Lipinski definition) is 5. The highest BCUT2D eigenvalue weighted by molar-refractivity contribution is 7.18. The van der Waals surface area contributed by atoms with Crippen LogP contribution in [0.15, 0.2) is 0 Å². The summed E-state index contributed by atoms with van der Waals surface area (Å²) in [5.74, 6) is 1.22. The number of anilines is 1. The molecule has 98 valence electrons. The molecule has 0 amide bonds. The molecule has 3 unspecified atom stereocenters. The first-order valence-electron chi connectivity index (χ1n) is 6.18. The van der Waals surface area contributed by atoms with E-state index in [2.05, 4.69) is 15.0 Å². The Balaban J connectivity index is 1.72. The molecule has 1 heterocycles. The van der Waals surface area contributed by atoms with Gasteiger partial charge in [-0.2, -0.15) is 0 Å². The number of aromatic nitrogens is 1. The molecule has 4 nitrogen and oxygen atoms in total. The van der Waals surface area contributed by atoms with Gasteiger partial charge in [-0.25, -0.2) is 9.78 Å². The summed E-state index contributed by atoms with van der Waals surface area (Å²) in [6.07, 6.45) is 5.23. The van der Waals surface area contributed by atoms with Crippen molar-refractivity contribution < 1.29 is 9.53 Å². The average Bonchev–Trinajstić information content (AvgIpc) is 3.04. The molecule has 0 radical (unpaired) electrons. The highest BCUT2D eigenvalue weighted by Gasteiger charge is 2.39. The fraction of sp³-hybridized carbons (Fsp3) is 0.667. The number of esters is 1. The van der Waals surface area contributed by atoms with Gasteiger partial charge >= 0.3 is 5.97 Å². The van der Waals surface area contributed by atoms with Gasteiger partial charge in [-0.3, -0.25) is 0 Å². The predicted octanol–water partition coefficient (Wildman–Crippen LogP) is 3.18. The molecule has 3 atom stereocenters. The number of rotatable bonds is 3. The Morgan fingerprint density at radius 3 is 2.94 bits per heavy atom. The smallest absolute Gasteiger partial charge is 0.351 e. The molecule has 0 spiro atoms. The van der Waals surface area contributed by atoms with Gasteiger partial charge in [0.25, 0.3) is 0 Å². The number of carbonyl (C=O) groups excluding carboxylic acids is 1. The van der Waals surface area contributed by atoms with Crippen molar-refractivity contribution in [2.75, 3.05) is 12.4 Å². The predicted molar refractivity (Wildman–Crippen MR) is 71.3 cm³/mol. The standard InChI is InChI=1S/C12H15ClN2O2S/c1-17-11(16)9-10(13)15-12(18-9)14-8-5-6-2-3-7(8)4-6/h6-8H,2-5H2,1H3,(H,14,15). The molecule has 2 aliphatic rings. The Morgan fingerprint density at radius 2 is 2.33 bits per heavy atom. The lowest BCUT2D eigenvalue weighted by Gasteiger charge is -2.22. The molecule has 1 N–H and O–H groups in total. The Morgan fingerprint density at radius 1 is 1.50 bits per heavy atom. The number of methoxy groups -OCH3 is 1. The second-order valence-electron chi connectivity index (χ2n) is 5.06. The molecule has 0 aliphatic heterocycles. The lowest BCUT2D eigenvalue weighted by molar-refractivity contribution is 0.0606. The number of thiazole rings is 1. The van der Waals surface area contributed by atoms with Crippen LogP contribution in [-0.4, -0.2) is 24.1 Å². The van der Waals surface area contributed by atoms with E-state index in [1.807, 2.05) is 0 Å². The van der Waals surface area contributed by atoms with Gasteiger partial charge in [-0.05, 0) is 31.1 Å². The highest BCUT2D eigenvalue weighted by Crippen LogP contribution is 2.46. The molecule has 2 fully saturated rings. The van der Waals surface area contributed by atoms with Crippen molar-refractivity contribution in [3.63, 3.8) is 0 Å². The van der Waals surface area contributed by atoms with Gasteiger partial charge in [0.05, 0.1) is 7.11 Å². The maximum Gasteiger partial charge on any atom is 0.351 e. The molecule has 0 aromatic carbocycles. The van der Waals surface area contributed by atoms with E-state index >= 15 is 0 Å². The van der Waals surface area contributed by atoms with Gasteiger partial charge < -0.3 is 10.1 Å². The van der Waals surface area contributed by atoms with E-state index in [1.165, 1.54) is 44.1 Å². The third kappa shape index (κ3) is 2.10. The second-order valence-corrected chi connectivity index (χ2v) is 6.41. The van der Waals surface area contributed by atoms with Crippen molar-refractivity contribution in [1.82, 2.24) is 4.98 Å². The Labute approximate surface area is 115 Å². The van der Waals surface area contributed by atoms with Gasteiger partial charge in [-0.15, -0.1) is 0 Å². The van der Waals surface area contributed by atoms with Crippen LogP contribution in [0.4, 0.5) is 5.13 Å². The Bertz CT molecular complexity index is 477. The monoisotopic (exact) mass is 286 g/mol. The largest absolute Gasteiger partial charge is 0.465 e. The van der Waals surface area contributed by atoms with Crippen LogP contribution in [0, 0.1) is 11.8 Å². The summed E-state index contributed by atoms with van der Waals surface area (Å²) in [7, 11) is 1.35. The highest BCUT2D eigenvalue weighted by atomic mass is 35.5. The van der Waals surface area contributed by atoms with E-state index < -0.39 is 5.97 Å². The molecule has 3 rings (SSSR count). The van der Waals surface area contributed by atoms with Crippen molar-refractivity contribution in [1.29, 1.82) is 0 Å². The Kier molecular flexibility index (Phi) is 3.20. The van der Waals surface area contributed by atoms with Gasteiger partial charge in [0.2, 0.25) is 0 Å². The third-order valence-electron chi connectivity index (χ3n) is 4.00. The summed E-state index contributed by atoms with van der Waals surface area (Å²) < 4.78 is 4.67. The number of nitrogens with one attached hydrogen (secondary N) is 1. The van der Waals surface area contributed by atoms with E-state index in [-0.39, 0.29) is 5.15 Å². The minimum atomic E-state index is -0.418. The van der Waals surface area contributed by atoms with E-state index in [0.717, 1.165) is 17.0 Å². The molecular formula is C12H15ClN2O2S.